The zero-order valence-electron chi connectivity index (χ0n) is 16.7. The molecule has 1 atom stereocenters. The summed E-state index contributed by atoms with van der Waals surface area (Å²) >= 11 is 1.56. The van der Waals surface area contributed by atoms with Gasteiger partial charge < -0.3 is 9.64 Å². The summed E-state index contributed by atoms with van der Waals surface area (Å²) < 4.78 is 7.95. The highest BCUT2D eigenvalue weighted by Crippen LogP contribution is 2.31. The summed E-state index contributed by atoms with van der Waals surface area (Å²) in [6, 6.07) is 15.4. The minimum absolute atomic E-state index is 0.0369. The highest BCUT2D eigenvalue weighted by Gasteiger charge is 2.31. The Morgan fingerprint density at radius 3 is 2.83 bits per heavy atom. The quantitative estimate of drug-likeness (QED) is 0.493. The maximum Gasteiger partial charge on any atom is 0.263 e. The van der Waals surface area contributed by atoms with Gasteiger partial charge in [0.25, 0.3) is 11.5 Å². The van der Waals surface area contributed by atoms with E-state index >= 15 is 0 Å². The molecule has 152 valence electrons. The summed E-state index contributed by atoms with van der Waals surface area (Å²) in [5, 5.41) is 3.04. The number of aromatic nitrogens is 1. The van der Waals surface area contributed by atoms with Gasteiger partial charge in [-0.1, -0.05) is 30.3 Å². The maximum atomic E-state index is 13.8. The third-order valence-corrected chi connectivity index (χ3v) is 6.80. The van der Waals surface area contributed by atoms with Crippen molar-refractivity contribution in [2.75, 3.05) is 20.3 Å². The average molecular weight is 419 g/mol. The molecule has 1 amide bonds. The van der Waals surface area contributed by atoms with Gasteiger partial charge in [0.05, 0.1) is 28.4 Å². The Morgan fingerprint density at radius 2 is 2.03 bits per heavy atom. The van der Waals surface area contributed by atoms with Crippen molar-refractivity contribution in [2.45, 2.75) is 18.9 Å². The molecule has 6 heteroatoms. The molecule has 3 aromatic heterocycles. The second-order valence-corrected chi connectivity index (χ2v) is 8.55. The molecule has 4 aromatic rings. The van der Waals surface area contributed by atoms with Crippen molar-refractivity contribution in [3.8, 4) is 11.1 Å². The second kappa shape index (κ2) is 7.70. The number of amides is 1. The molecule has 0 aliphatic carbocycles. The molecular formula is C24H22N2O3S. The number of nitrogens with zero attached hydrogens (tertiary/aromatic N) is 2. The molecule has 30 heavy (non-hydrogen) atoms. The molecule has 0 N–H and O–H groups in total. The van der Waals surface area contributed by atoms with Crippen molar-refractivity contribution in [3.05, 3.63) is 76.0 Å². The van der Waals surface area contributed by atoms with Crippen molar-refractivity contribution < 1.29 is 9.53 Å². The molecule has 1 saturated heterocycles. The van der Waals surface area contributed by atoms with Crippen LogP contribution >= 0.6 is 11.3 Å². The molecule has 1 fully saturated rings. The van der Waals surface area contributed by atoms with Crippen LogP contribution in [0.25, 0.3) is 26.7 Å². The first kappa shape index (κ1) is 19.0. The monoisotopic (exact) mass is 418 g/mol. The standard InChI is InChI=1S/C24H22N2O3S/c1-29-15-18-8-5-11-25(18)24(28)20-14-19(16-6-3-2-4-7-16)23(27)26-12-9-17-10-13-30-22(17)21(20)26/h2-4,6-7,9-10,12-14,18H,5,8,11,15H2,1H3. The molecule has 1 aromatic carbocycles. The van der Waals surface area contributed by atoms with Crippen LogP contribution in [0.4, 0.5) is 0 Å². The Balaban J connectivity index is 1.78. The SMILES string of the molecule is COCC1CCCN1C(=O)c1cc(-c2ccccc2)c(=O)n2ccc3ccsc3c12. The number of pyridine rings is 2. The van der Waals surface area contributed by atoms with E-state index in [2.05, 4.69) is 0 Å². The average Bonchev–Trinajstić information content (AvgIpc) is 3.44. The van der Waals surface area contributed by atoms with E-state index in [0.717, 1.165) is 28.5 Å². The number of carbonyl (C=O) groups is 1. The second-order valence-electron chi connectivity index (χ2n) is 7.63. The minimum Gasteiger partial charge on any atom is -0.383 e. The molecule has 0 bridgehead atoms. The summed E-state index contributed by atoms with van der Waals surface area (Å²) in [7, 11) is 1.67. The van der Waals surface area contributed by atoms with E-state index in [1.807, 2.05) is 52.7 Å². The number of ether oxygens (including phenoxy) is 1. The first-order chi connectivity index (χ1) is 14.7. The molecule has 0 spiro atoms. The third-order valence-electron chi connectivity index (χ3n) is 5.86. The number of likely N-dealkylation sites (tertiary alicyclic amines) is 1. The van der Waals surface area contributed by atoms with Crippen LogP contribution in [0.5, 0.6) is 0 Å². The number of carbonyl (C=O) groups excluding carboxylic acids is 1. The number of hydrogen-bond donors (Lipinski definition) is 0. The molecule has 5 rings (SSSR count). The Morgan fingerprint density at radius 1 is 1.20 bits per heavy atom. The van der Waals surface area contributed by atoms with Crippen LogP contribution in [0.15, 0.2) is 64.9 Å². The van der Waals surface area contributed by atoms with Crippen LogP contribution in [0.1, 0.15) is 23.2 Å². The lowest BCUT2D eigenvalue weighted by Crippen LogP contribution is -2.38. The van der Waals surface area contributed by atoms with Gasteiger partial charge in [-0.05, 0) is 47.4 Å². The summed E-state index contributed by atoms with van der Waals surface area (Å²) in [6.07, 6.45) is 3.68. The van der Waals surface area contributed by atoms with E-state index < -0.39 is 0 Å². The van der Waals surface area contributed by atoms with Gasteiger partial charge in [-0.15, -0.1) is 11.3 Å². The molecule has 1 aliphatic rings. The first-order valence-electron chi connectivity index (χ1n) is 10.1. The Hall–Kier alpha value is -2.96. The van der Waals surface area contributed by atoms with E-state index in [-0.39, 0.29) is 17.5 Å². The van der Waals surface area contributed by atoms with Crippen molar-refractivity contribution in [1.29, 1.82) is 0 Å². The van der Waals surface area contributed by atoms with Crippen molar-refractivity contribution >= 4 is 32.8 Å². The van der Waals surface area contributed by atoms with Gasteiger partial charge in [-0.25, -0.2) is 0 Å². The largest absolute Gasteiger partial charge is 0.383 e. The Kier molecular flexibility index (Phi) is 4.89. The molecule has 1 unspecified atom stereocenters. The van der Waals surface area contributed by atoms with E-state index in [1.54, 1.807) is 35.1 Å². The fourth-order valence-corrected chi connectivity index (χ4v) is 5.36. The highest BCUT2D eigenvalue weighted by atomic mass is 32.1. The molecule has 0 saturated carbocycles. The van der Waals surface area contributed by atoms with Gasteiger partial charge >= 0.3 is 0 Å². The van der Waals surface area contributed by atoms with Gasteiger partial charge in [-0.2, -0.15) is 0 Å². The molecule has 4 heterocycles. The summed E-state index contributed by atoms with van der Waals surface area (Å²) in [5.74, 6) is -0.0369. The van der Waals surface area contributed by atoms with Gasteiger partial charge in [0.15, 0.2) is 0 Å². The van der Waals surface area contributed by atoms with E-state index in [0.29, 0.717) is 29.8 Å². The third kappa shape index (κ3) is 3.04. The number of rotatable bonds is 4. The smallest absolute Gasteiger partial charge is 0.263 e. The molecule has 0 radical (unpaired) electrons. The van der Waals surface area contributed by atoms with Gasteiger partial charge in [-0.3, -0.25) is 14.0 Å². The number of fused-ring (bicyclic) bond motifs is 3. The summed E-state index contributed by atoms with van der Waals surface area (Å²) in [6.45, 7) is 1.23. The maximum absolute atomic E-state index is 13.8. The highest BCUT2D eigenvalue weighted by molar-refractivity contribution is 7.18. The van der Waals surface area contributed by atoms with E-state index in [1.165, 1.54) is 0 Å². The lowest BCUT2D eigenvalue weighted by Gasteiger charge is -2.25. The zero-order chi connectivity index (χ0) is 20.7. The predicted molar refractivity (Wildman–Crippen MR) is 120 cm³/mol. The van der Waals surface area contributed by atoms with Crippen LogP contribution in [0, 0.1) is 0 Å². The topological polar surface area (TPSA) is 51.0 Å². The van der Waals surface area contributed by atoms with Crippen LogP contribution in [-0.4, -0.2) is 41.5 Å². The van der Waals surface area contributed by atoms with Crippen molar-refractivity contribution in [1.82, 2.24) is 9.30 Å². The fraction of sp³-hybridized carbons (Fsp3) is 0.250. The molecular weight excluding hydrogens is 396 g/mol. The van der Waals surface area contributed by atoms with Gasteiger partial charge in [0, 0.05) is 25.4 Å². The van der Waals surface area contributed by atoms with Crippen LogP contribution in [0.2, 0.25) is 0 Å². The summed E-state index contributed by atoms with van der Waals surface area (Å²) in [5.41, 5.74) is 2.50. The minimum atomic E-state index is -0.113. The zero-order valence-corrected chi connectivity index (χ0v) is 17.5. The van der Waals surface area contributed by atoms with Gasteiger partial charge in [0.1, 0.15) is 0 Å². The normalized spacial score (nSPS) is 16.6. The number of benzene rings is 1. The van der Waals surface area contributed by atoms with Gasteiger partial charge in [0.2, 0.25) is 0 Å². The summed E-state index contributed by atoms with van der Waals surface area (Å²) in [4.78, 5) is 29.1. The van der Waals surface area contributed by atoms with E-state index in [4.69, 9.17) is 4.74 Å². The van der Waals surface area contributed by atoms with Crippen LogP contribution in [-0.2, 0) is 4.74 Å². The fourth-order valence-electron chi connectivity index (χ4n) is 4.42. The Labute approximate surface area is 178 Å². The van der Waals surface area contributed by atoms with Crippen molar-refractivity contribution in [2.24, 2.45) is 0 Å². The molecule has 5 nitrogen and oxygen atoms in total. The number of methoxy groups -OCH3 is 1. The first-order valence-corrected chi connectivity index (χ1v) is 11.0. The number of hydrogen-bond acceptors (Lipinski definition) is 4. The predicted octanol–water partition coefficient (Wildman–Crippen LogP) is 4.43. The Bertz CT molecular complexity index is 1290. The molecule has 1 aliphatic heterocycles. The van der Waals surface area contributed by atoms with Crippen LogP contribution < -0.4 is 5.56 Å². The lowest BCUT2D eigenvalue weighted by atomic mass is 10.0. The van der Waals surface area contributed by atoms with Crippen LogP contribution in [0.3, 0.4) is 0 Å². The lowest BCUT2D eigenvalue weighted by molar-refractivity contribution is 0.0632. The van der Waals surface area contributed by atoms with E-state index in [9.17, 15) is 9.59 Å². The van der Waals surface area contributed by atoms with Crippen molar-refractivity contribution in [3.63, 3.8) is 0 Å². The number of thiophene rings is 1.